The number of hydrogen-bond donors (Lipinski definition) is 1. The second-order valence-electron chi connectivity index (χ2n) is 14.6. The average Bonchev–Trinajstić information content (AvgIpc) is 3.18. The van der Waals surface area contributed by atoms with E-state index in [4.69, 9.17) is 8.92 Å². The van der Waals surface area contributed by atoms with E-state index in [9.17, 15) is 13.5 Å². The summed E-state index contributed by atoms with van der Waals surface area (Å²) in [5, 5.41) is 12.7. The van der Waals surface area contributed by atoms with Gasteiger partial charge >= 0.3 is 0 Å². The van der Waals surface area contributed by atoms with Gasteiger partial charge in [-0.25, -0.2) is 0 Å². The van der Waals surface area contributed by atoms with E-state index in [2.05, 4.69) is 6.92 Å². The van der Waals surface area contributed by atoms with Crippen molar-refractivity contribution in [1.29, 1.82) is 0 Å². The van der Waals surface area contributed by atoms with Crippen LogP contribution in [0.3, 0.4) is 0 Å². The zero-order valence-electron chi connectivity index (χ0n) is 32.3. The Morgan fingerprint density at radius 1 is 0.547 bits per heavy atom. The average molecular weight is 741 g/mol. The first kappa shape index (κ1) is 42.5. The van der Waals surface area contributed by atoms with Crippen LogP contribution in [0.25, 0.3) is 0 Å². The molecule has 0 saturated carbocycles. The zero-order valence-corrected chi connectivity index (χ0v) is 33.2. The monoisotopic (exact) mass is 740 g/mol. The number of hydrogen-bond acceptors (Lipinski definition) is 5. The maximum atomic E-state index is 13.8. The lowest BCUT2D eigenvalue weighted by Gasteiger charge is -2.42. The number of aliphatic hydroxyl groups excluding tert-OH is 1. The van der Waals surface area contributed by atoms with E-state index in [0.717, 1.165) is 41.5 Å². The topological polar surface area (TPSA) is 72.8 Å². The van der Waals surface area contributed by atoms with Gasteiger partial charge in [-0.3, -0.25) is 4.18 Å². The van der Waals surface area contributed by atoms with Crippen LogP contribution >= 0.6 is 0 Å². The summed E-state index contributed by atoms with van der Waals surface area (Å²) in [6, 6.07) is 35.9. The van der Waals surface area contributed by atoms with Crippen molar-refractivity contribution in [1.82, 2.24) is 0 Å². The Labute approximate surface area is 321 Å². The van der Waals surface area contributed by atoms with Gasteiger partial charge in [-0.2, -0.15) is 8.42 Å². The normalized spacial score (nSPS) is 13.2. The molecule has 4 aromatic rings. The van der Waals surface area contributed by atoms with Crippen molar-refractivity contribution < 1.29 is 22.4 Å². The number of aryl methyl sites for hydroxylation is 1. The highest BCUT2D eigenvalue weighted by Gasteiger charge is 2.48. The third-order valence-corrected chi connectivity index (χ3v) is 11.8. The van der Waals surface area contributed by atoms with E-state index in [1.165, 1.54) is 83.5 Å². The van der Waals surface area contributed by atoms with Gasteiger partial charge in [-0.15, -0.1) is 0 Å². The molecular formula is C47H64O5S. The Kier molecular flexibility index (Phi) is 18.8. The third-order valence-electron chi connectivity index (χ3n) is 10.5. The number of unbranched alkanes of at least 4 members (excludes halogenated alkanes) is 15. The first-order chi connectivity index (χ1) is 25.9. The molecule has 6 heteroatoms. The molecule has 2 atom stereocenters. The second-order valence-corrected chi connectivity index (χ2v) is 16.2. The molecule has 0 radical (unpaired) electrons. The molecule has 4 rings (SSSR count). The minimum atomic E-state index is -4.24. The largest absolute Gasteiger partial charge is 0.389 e. The predicted molar refractivity (Wildman–Crippen MR) is 219 cm³/mol. The van der Waals surface area contributed by atoms with Crippen molar-refractivity contribution in [2.75, 3.05) is 13.2 Å². The molecule has 5 nitrogen and oxygen atoms in total. The van der Waals surface area contributed by atoms with Crippen LogP contribution in [0.4, 0.5) is 0 Å². The van der Waals surface area contributed by atoms with Crippen LogP contribution < -0.4 is 0 Å². The van der Waals surface area contributed by atoms with Gasteiger partial charge in [-0.05, 0) is 42.2 Å². The van der Waals surface area contributed by atoms with E-state index in [0.29, 0.717) is 6.61 Å². The predicted octanol–water partition coefficient (Wildman–Crippen LogP) is 11.7. The lowest BCUT2D eigenvalue weighted by atomic mass is 9.64. The minimum absolute atomic E-state index is 0.0443. The van der Waals surface area contributed by atoms with E-state index in [1.54, 1.807) is 24.3 Å². The highest BCUT2D eigenvalue weighted by atomic mass is 32.2. The summed E-state index contributed by atoms with van der Waals surface area (Å²) in [6.07, 6.45) is 18.1. The molecular weight excluding hydrogens is 677 g/mol. The van der Waals surface area contributed by atoms with Gasteiger partial charge in [0.1, 0.15) is 12.2 Å². The number of aliphatic hydroxyl groups is 1. The number of rotatable bonds is 27. The zero-order chi connectivity index (χ0) is 37.6. The molecule has 0 heterocycles. The fourth-order valence-corrected chi connectivity index (χ4v) is 8.51. The van der Waals surface area contributed by atoms with Crippen molar-refractivity contribution in [2.45, 2.75) is 139 Å². The summed E-state index contributed by atoms with van der Waals surface area (Å²) in [5.41, 5.74) is 2.26. The highest BCUT2D eigenvalue weighted by molar-refractivity contribution is 7.86. The number of benzene rings is 4. The molecule has 0 aromatic heterocycles. The Hall–Kier alpha value is -3.29. The molecule has 0 fully saturated rings. The van der Waals surface area contributed by atoms with E-state index >= 15 is 0 Å². The van der Waals surface area contributed by atoms with Crippen LogP contribution in [-0.4, -0.2) is 38.9 Å². The van der Waals surface area contributed by atoms with E-state index in [-0.39, 0.29) is 11.5 Å². The first-order valence-corrected chi connectivity index (χ1v) is 21.7. The van der Waals surface area contributed by atoms with Crippen molar-refractivity contribution in [3.8, 4) is 0 Å². The van der Waals surface area contributed by atoms with Crippen LogP contribution in [0.15, 0.2) is 120 Å². The van der Waals surface area contributed by atoms with Crippen molar-refractivity contribution in [3.63, 3.8) is 0 Å². The Balaban J connectivity index is 1.39. The van der Waals surface area contributed by atoms with Gasteiger partial charge in [0, 0.05) is 6.61 Å². The highest BCUT2D eigenvalue weighted by Crippen LogP contribution is 2.44. The molecule has 0 amide bonds. The summed E-state index contributed by atoms with van der Waals surface area (Å²) in [4.78, 5) is 0.0443. The number of ether oxygens (including phenoxy) is 1. The van der Waals surface area contributed by atoms with Gasteiger partial charge in [0.2, 0.25) is 0 Å². The Morgan fingerprint density at radius 3 is 1.32 bits per heavy atom. The summed E-state index contributed by atoms with van der Waals surface area (Å²) in [5.74, 6) is 0. The molecule has 0 aliphatic rings. The van der Waals surface area contributed by atoms with E-state index in [1.807, 2.05) is 97.9 Å². The quantitative estimate of drug-likeness (QED) is 0.0374. The summed E-state index contributed by atoms with van der Waals surface area (Å²) < 4.78 is 39.8. The fourth-order valence-electron chi connectivity index (χ4n) is 7.44. The molecule has 53 heavy (non-hydrogen) atoms. The Bertz CT molecular complexity index is 1530. The minimum Gasteiger partial charge on any atom is -0.389 e. The third kappa shape index (κ3) is 13.2. The van der Waals surface area contributed by atoms with Crippen LogP contribution in [-0.2, 0) is 24.5 Å². The maximum absolute atomic E-state index is 13.8. The molecule has 0 saturated heterocycles. The Morgan fingerprint density at radius 2 is 0.925 bits per heavy atom. The molecule has 0 bridgehead atoms. The summed E-state index contributed by atoms with van der Waals surface area (Å²) in [6.45, 7) is 4.56. The fraction of sp³-hybridized carbons (Fsp3) is 0.489. The lowest BCUT2D eigenvalue weighted by molar-refractivity contribution is -0.0410. The molecule has 0 aliphatic carbocycles. The van der Waals surface area contributed by atoms with Crippen molar-refractivity contribution in [3.05, 3.63) is 138 Å². The van der Waals surface area contributed by atoms with Crippen LogP contribution in [0, 0.1) is 6.92 Å². The van der Waals surface area contributed by atoms with Gasteiger partial charge in [-0.1, -0.05) is 212 Å². The van der Waals surface area contributed by atoms with Crippen LogP contribution in [0.2, 0.25) is 0 Å². The summed E-state index contributed by atoms with van der Waals surface area (Å²) in [7, 11) is -4.24. The van der Waals surface area contributed by atoms with Gasteiger partial charge in [0.05, 0.1) is 16.9 Å². The molecule has 2 unspecified atom stereocenters. The summed E-state index contributed by atoms with van der Waals surface area (Å²) >= 11 is 0. The maximum Gasteiger partial charge on any atom is 0.297 e. The molecule has 1 N–H and O–H groups in total. The van der Waals surface area contributed by atoms with Gasteiger partial charge in [0.25, 0.3) is 10.1 Å². The van der Waals surface area contributed by atoms with Crippen molar-refractivity contribution >= 4 is 10.1 Å². The molecule has 0 spiro atoms. The van der Waals surface area contributed by atoms with Crippen LogP contribution in [0.5, 0.6) is 0 Å². The smallest absolute Gasteiger partial charge is 0.297 e. The second kappa shape index (κ2) is 23.5. The first-order valence-electron chi connectivity index (χ1n) is 20.3. The SMILES string of the molecule is CCCCCCCCCCCCCCCCCCOCC(OS(=O)(=O)c1ccc(C)cc1)C(O)C(c1ccccc1)(c1ccccc1)c1ccccc1. The van der Waals surface area contributed by atoms with Gasteiger partial charge < -0.3 is 9.84 Å². The molecule has 4 aromatic carbocycles. The lowest BCUT2D eigenvalue weighted by Crippen LogP contribution is -2.51. The van der Waals surface area contributed by atoms with E-state index < -0.39 is 27.7 Å². The van der Waals surface area contributed by atoms with Crippen molar-refractivity contribution in [2.24, 2.45) is 0 Å². The van der Waals surface area contributed by atoms with Gasteiger partial charge in [0.15, 0.2) is 0 Å². The molecule has 0 aliphatic heterocycles. The molecule has 288 valence electrons. The van der Waals surface area contributed by atoms with Crippen LogP contribution in [0.1, 0.15) is 132 Å². The standard InChI is InChI=1S/C47H64O5S/c1-3-4-5-6-7-8-9-10-11-12-13-14-15-16-17-27-38-51-39-45(52-53(49,50)44-36-34-40(2)35-37-44)46(48)47(41-28-21-18-22-29-41,42-30-23-19-24-31-42)43-32-25-20-26-33-43/h18-26,28-37,45-46,48H,3-17,27,38-39H2,1-2H3.